The number of rotatable bonds is 2. The maximum absolute atomic E-state index is 12.6. The van der Waals surface area contributed by atoms with Crippen LogP contribution in [0.5, 0.6) is 0 Å². The monoisotopic (exact) mass is 290 g/mol. The summed E-state index contributed by atoms with van der Waals surface area (Å²) in [5, 5.41) is 0.611. The van der Waals surface area contributed by atoms with Gasteiger partial charge in [-0.15, -0.1) is 0 Å². The van der Waals surface area contributed by atoms with Gasteiger partial charge in [-0.2, -0.15) is 0 Å². The van der Waals surface area contributed by atoms with E-state index in [2.05, 4.69) is 0 Å². The van der Waals surface area contributed by atoms with Crippen molar-refractivity contribution in [2.24, 2.45) is 0 Å². The number of hydrogen-bond donors (Lipinski definition) is 0. The van der Waals surface area contributed by atoms with Gasteiger partial charge in [0, 0.05) is 19.2 Å². The van der Waals surface area contributed by atoms with Crippen molar-refractivity contribution in [1.29, 1.82) is 0 Å². The molecule has 1 amide bonds. The van der Waals surface area contributed by atoms with Gasteiger partial charge in [-0.3, -0.25) is 9.69 Å². The van der Waals surface area contributed by atoms with Crippen molar-refractivity contribution in [2.75, 3.05) is 7.05 Å². The van der Waals surface area contributed by atoms with E-state index in [-0.39, 0.29) is 11.9 Å². The van der Waals surface area contributed by atoms with Crippen LogP contribution >= 0.6 is 12.2 Å². The lowest BCUT2D eigenvalue weighted by Gasteiger charge is -2.30. The van der Waals surface area contributed by atoms with E-state index in [9.17, 15) is 4.79 Å². The Morgan fingerprint density at radius 1 is 1.35 bits per heavy atom. The second-order valence-corrected chi connectivity index (χ2v) is 5.72. The van der Waals surface area contributed by atoms with Crippen molar-refractivity contribution in [2.45, 2.75) is 38.1 Å². The van der Waals surface area contributed by atoms with Crippen LogP contribution in [-0.4, -0.2) is 33.9 Å². The first-order valence-corrected chi connectivity index (χ1v) is 7.46. The number of thiocarbonyl (C=S) groups is 1. The van der Waals surface area contributed by atoms with Crippen LogP contribution in [0.15, 0.2) is 28.5 Å². The third-order valence-corrected chi connectivity index (χ3v) is 4.52. The predicted molar refractivity (Wildman–Crippen MR) is 80.8 cm³/mol. The molecule has 0 radical (unpaired) electrons. The highest BCUT2D eigenvalue weighted by atomic mass is 32.1. The van der Waals surface area contributed by atoms with Crippen molar-refractivity contribution in [3.05, 3.63) is 29.9 Å². The van der Waals surface area contributed by atoms with Gasteiger partial charge in [0.2, 0.25) is 0 Å². The van der Waals surface area contributed by atoms with Crippen LogP contribution in [0.3, 0.4) is 0 Å². The molecule has 3 rings (SSSR count). The third kappa shape index (κ3) is 2.26. The first kappa shape index (κ1) is 13.4. The lowest BCUT2D eigenvalue weighted by Crippen LogP contribution is -2.41. The maximum atomic E-state index is 12.6. The van der Waals surface area contributed by atoms with Gasteiger partial charge in [0.1, 0.15) is 11.5 Å². The normalized spacial score (nSPS) is 23.1. The molecular weight excluding hydrogens is 272 g/mol. The molecule has 1 aliphatic heterocycles. The van der Waals surface area contributed by atoms with Crippen molar-refractivity contribution >= 4 is 29.3 Å². The fourth-order valence-corrected chi connectivity index (χ4v) is 3.28. The first-order valence-electron chi connectivity index (χ1n) is 7.05. The SMILES string of the molecule is CN1C(=S)N(C2CCCCC2)C(=O)/C1=C/c1ccco1. The molecule has 4 nitrogen and oxygen atoms in total. The smallest absolute Gasteiger partial charge is 0.277 e. The number of furan rings is 1. The third-order valence-electron chi connectivity index (χ3n) is 4.05. The fraction of sp³-hybridized carbons (Fsp3) is 0.467. The number of carbonyl (C=O) groups is 1. The average molecular weight is 290 g/mol. The number of likely N-dealkylation sites (N-methyl/N-ethyl adjacent to an activating group) is 1. The molecule has 0 N–H and O–H groups in total. The van der Waals surface area contributed by atoms with E-state index in [1.54, 1.807) is 22.1 Å². The highest BCUT2D eigenvalue weighted by molar-refractivity contribution is 7.80. The van der Waals surface area contributed by atoms with Crippen molar-refractivity contribution in [1.82, 2.24) is 9.80 Å². The maximum Gasteiger partial charge on any atom is 0.277 e. The molecule has 0 bridgehead atoms. The largest absolute Gasteiger partial charge is 0.465 e. The summed E-state index contributed by atoms with van der Waals surface area (Å²) in [4.78, 5) is 16.2. The molecule has 0 atom stereocenters. The topological polar surface area (TPSA) is 36.7 Å². The van der Waals surface area contributed by atoms with E-state index in [1.807, 2.05) is 19.2 Å². The zero-order valence-corrected chi connectivity index (χ0v) is 12.4. The summed E-state index contributed by atoms with van der Waals surface area (Å²) < 4.78 is 5.29. The minimum atomic E-state index is 0.000741. The molecule has 106 valence electrons. The molecule has 5 heteroatoms. The number of carbonyl (C=O) groups excluding carboxylic acids is 1. The first-order chi connectivity index (χ1) is 9.68. The van der Waals surface area contributed by atoms with E-state index in [4.69, 9.17) is 16.6 Å². The molecule has 0 unspecified atom stereocenters. The Labute approximate surface area is 124 Å². The molecule has 20 heavy (non-hydrogen) atoms. The summed E-state index contributed by atoms with van der Waals surface area (Å²) >= 11 is 5.45. The van der Waals surface area contributed by atoms with Gasteiger partial charge in [0.25, 0.3) is 5.91 Å². The molecule has 2 fully saturated rings. The molecule has 1 saturated heterocycles. The zero-order valence-electron chi connectivity index (χ0n) is 11.5. The summed E-state index contributed by atoms with van der Waals surface area (Å²) in [5.41, 5.74) is 0.593. The Balaban J connectivity index is 1.87. The van der Waals surface area contributed by atoms with Crippen LogP contribution in [0, 0.1) is 0 Å². The Bertz CT molecular complexity index is 544. The Morgan fingerprint density at radius 2 is 2.10 bits per heavy atom. The van der Waals surface area contributed by atoms with E-state index in [0.29, 0.717) is 16.6 Å². The van der Waals surface area contributed by atoms with Gasteiger partial charge in [0.05, 0.1) is 6.26 Å². The van der Waals surface area contributed by atoms with Crippen LogP contribution in [0.1, 0.15) is 37.9 Å². The minimum absolute atomic E-state index is 0.000741. The van der Waals surface area contributed by atoms with Crippen LogP contribution in [0.2, 0.25) is 0 Å². The molecular formula is C15H18N2O2S. The number of hydrogen-bond acceptors (Lipinski definition) is 3. The second-order valence-electron chi connectivity index (χ2n) is 5.35. The van der Waals surface area contributed by atoms with Gasteiger partial charge >= 0.3 is 0 Å². The van der Waals surface area contributed by atoms with E-state index < -0.39 is 0 Å². The van der Waals surface area contributed by atoms with Gasteiger partial charge < -0.3 is 9.32 Å². The second kappa shape index (κ2) is 5.40. The standard InChI is InChI=1S/C15H18N2O2S/c1-16-13(10-12-8-5-9-19-12)14(18)17(15(16)20)11-6-3-2-4-7-11/h5,8-11H,2-4,6-7H2,1H3/b13-10-. The molecule has 0 aromatic carbocycles. The van der Waals surface area contributed by atoms with E-state index in [1.165, 1.54) is 19.3 Å². The highest BCUT2D eigenvalue weighted by Crippen LogP contribution is 2.30. The molecule has 1 aliphatic carbocycles. The Kier molecular flexibility index (Phi) is 3.61. The lowest BCUT2D eigenvalue weighted by atomic mass is 9.94. The fourth-order valence-electron chi connectivity index (χ4n) is 2.95. The summed E-state index contributed by atoms with van der Waals surface area (Å²) in [6, 6.07) is 3.90. The Morgan fingerprint density at radius 3 is 2.75 bits per heavy atom. The molecule has 1 aromatic heterocycles. The molecule has 0 spiro atoms. The van der Waals surface area contributed by atoms with Gasteiger partial charge in [0.15, 0.2) is 5.11 Å². The molecule has 1 saturated carbocycles. The van der Waals surface area contributed by atoms with Crippen molar-refractivity contribution < 1.29 is 9.21 Å². The van der Waals surface area contributed by atoms with Crippen LogP contribution in [0.4, 0.5) is 0 Å². The molecule has 2 aliphatic rings. The number of nitrogens with zero attached hydrogens (tertiary/aromatic N) is 2. The zero-order chi connectivity index (χ0) is 14.1. The Hall–Kier alpha value is -1.62. The van der Waals surface area contributed by atoms with E-state index >= 15 is 0 Å². The van der Waals surface area contributed by atoms with Crippen LogP contribution < -0.4 is 0 Å². The summed E-state index contributed by atoms with van der Waals surface area (Å²) in [5.74, 6) is 0.675. The summed E-state index contributed by atoms with van der Waals surface area (Å²) in [6.45, 7) is 0. The van der Waals surface area contributed by atoms with Gasteiger partial charge in [-0.1, -0.05) is 19.3 Å². The number of amides is 1. The van der Waals surface area contributed by atoms with Crippen molar-refractivity contribution in [3.63, 3.8) is 0 Å². The molecule has 2 heterocycles. The van der Waals surface area contributed by atoms with E-state index in [0.717, 1.165) is 12.8 Å². The van der Waals surface area contributed by atoms with Crippen LogP contribution in [0.25, 0.3) is 6.08 Å². The highest BCUT2D eigenvalue weighted by Gasteiger charge is 2.40. The average Bonchev–Trinajstić information content (AvgIpc) is 3.04. The quantitative estimate of drug-likeness (QED) is 0.620. The molecule has 1 aromatic rings. The van der Waals surface area contributed by atoms with Crippen molar-refractivity contribution in [3.8, 4) is 0 Å². The summed E-state index contributed by atoms with van der Waals surface area (Å²) in [6.07, 6.45) is 9.08. The van der Waals surface area contributed by atoms with Crippen LogP contribution in [-0.2, 0) is 4.79 Å². The predicted octanol–water partition coefficient (Wildman–Crippen LogP) is 3.01. The minimum Gasteiger partial charge on any atom is -0.465 e. The lowest BCUT2D eigenvalue weighted by molar-refractivity contribution is -0.124. The van der Waals surface area contributed by atoms with Gasteiger partial charge in [-0.05, 0) is 37.2 Å². The summed E-state index contributed by atoms with van der Waals surface area (Å²) in [7, 11) is 1.85. The van der Waals surface area contributed by atoms with Gasteiger partial charge in [-0.25, -0.2) is 0 Å².